The van der Waals surface area contributed by atoms with Crippen LogP contribution < -0.4 is 0 Å². The van der Waals surface area contributed by atoms with Crippen LogP contribution in [0.5, 0.6) is 0 Å². The van der Waals surface area contributed by atoms with Gasteiger partial charge in [-0.3, -0.25) is 0 Å². The molecule has 0 aromatic rings. The highest BCUT2D eigenvalue weighted by atomic mass is 16.3. The molecule has 2 heteroatoms. The molecular weight excluding hydrogens is 164 g/mol. The van der Waals surface area contributed by atoms with E-state index >= 15 is 0 Å². The molecule has 0 aromatic heterocycles. The van der Waals surface area contributed by atoms with Crippen LogP contribution in [0.1, 0.15) is 39.5 Å². The van der Waals surface area contributed by atoms with Gasteiger partial charge in [-0.2, -0.15) is 0 Å². The van der Waals surface area contributed by atoms with E-state index in [4.69, 9.17) is 0 Å². The van der Waals surface area contributed by atoms with Crippen molar-refractivity contribution in [3.63, 3.8) is 0 Å². The molecule has 2 nitrogen and oxygen atoms in total. The minimum absolute atomic E-state index is 0.580. The van der Waals surface area contributed by atoms with Crippen molar-refractivity contribution in [1.29, 1.82) is 0 Å². The molecule has 0 aromatic carbocycles. The van der Waals surface area contributed by atoms with Crippen LogP contribution in [-0.4, -0.2) is 21.9 Å². The lowest BCUT2D eigenvalue weighted by Gasteiger charge is -2.29. The first-order valence-electron chi connectivity index (χ1n) is 4.78. The minimum atomic E-state index is -1.05. The van der Waals surface area contributed by atoms with E-state index in [1.807, 2.05) is 13.8 Å². The molecule has 75 valence electrons. The van der Waals surface area contributed by atoms with Crippen LogP contribution in [0.4, 0.5) is 0 Å². The van der Waals surface area contributed by atoms with Crippen LogP contribution in [0.3, 0.4) is 0 Å². The standard InChI is InChI=1S/C11H19O2/c1-4-7-10(12)11(13,8-5-2)9-6-3/h10,12-13H,1,5-6,8-9H2,2-3H3. The average molecular weight is 183 g/mol. The van der Waals surface area contributed by atoms with E-state index in [1.54, 1.807) is 0 Å². The van der Waals surface area contributed by atoms with Gasteiger partial charge in [-0.15, -0.1) is 0 Å². The zero-order chi connectivity index (χ0) is 10.3. The van der Waals surface area contributed by atoms with E-state index in [2.05, 4.69) is 18.8 Å². The molecule has 0 aliphatic heterocycles. The molecule has 0 saturated heterocycles. The van der Waals surface area contributed by atoms with Gasteiger partial charge < -0.3 is 10.2 Å². The molecule has 0 aliphatic rings. The summed E-state index contributed by atoms with van der Waals surface area (Å²) >= 11 is 0. The molecule has 0 spiro atoms. The van der Waals surface area contributed by atoms with Crippen molar-refractivity contribution in [3.8, 4) is 11.8 Å². The van der Waals surface area contributed by atoms with Crippen LogP contribution in [0, 0.1) is 18.8 Å². The third-order valence-corrected chi connectivity index (χ3v) is 2.11. The van der Waals surface area contributed by atoms with Crippen molar-refractivity contribution in [2.75, 3.05) is 0 Å². The fourth-order valence-corrected chi connectivity index (χ4v) is 1.50. The zero-order valence-electron chi connectivity index (χ0n) is 8.51. The summed E-state index contributed by atoms with van der Waals surface area (Å²) in [6, 6.07) is 0. The van der Waals surface area contributed by atoms with Crippen molar-refractivity contribution < 1.29 is 10.2 Å². The van der Waals surface area contributed by atoms with Crippen LogP contribution in [0.15, 0.2) is 0 Å². The van der Waals surface area contributed by atoms with Crippen molar-refractivity contribution in [3.05, 3.63) is 6.92 Å². The summed E-state index contributed by atoms with van der Waals surface area (Å²) in [5.74, 6) is 4.88. The zero-order valence-corrected chi connectivity index (χ0v) is 8.51. The molecule has 2 N–H and O–H groups in total. The fraction of sp³-hybridized carbons (Fsp3) is 0.727. The lowest BCUT2D eigenvalue weighted by atomic mass is 9.87. The molecule has 0 saturated carbocycles. The molecule has 0 fully saturated rings. The third kappa shape index (κ3) is 3.80. The highest BCUT2D eigenvalue weighted by Gasteiger charge is 2.32. The number of hydrogen-bond donors (Lipinski definition) is 2. The predicted molar refractivity (Wildman–Crippen MR) is 53.9 cm³/mol. The van der Waals surface area contributed by atoms with Crippen LogP contribution in [-0.2, 0) is 0 Å². The first-order chi connectivity index (χ1) is 6.10. The fourth-order valence-electron chi connectivity index (χ4n) is 1.50. The minimum Gasteiger partial charge on any atom is -0.386 e. The lowest BCUT2D eigenvalue weighted by Crippen LogP contribution is -2.41. The van der Waals surface area contributed by atoms with Crippen LogP contribution in [0.2, 0.25) is 0 Å². The monoisotopic (exact) mass is 183 g/mol. The Morgan fingerprint density at radius 1 is 1.31 bits per heavy atom. The largest absolute Gasteiger partial charge is 0.386 e. The van der Waals surface area contributed by atoms with E-state index in [1.165, 1.54) is 0 Å². The van der Waals surface area contributed by atoms with Gasteiger partial charge in [0.15, 0.2) is 0 Å². The Morgan fingerprint density at radius 3 is 2.08 bits per heavy atom. The van der Waals surface area contributed by atoms with Gasteiger partial charge in [0.25, 0.3) is 0 Å². The second kappa shape index (κ2) is 6.01. The molecule has 1 unspecified atom stereocenters. The average Bonchev–Trinajstić information content (AvgIpc) is 2.05. The third-order valence-electron chi connectivity index (χ3n) is 2.11. The summed E-state index contributed by atoms with van der Waals surface area (Å²) in [4.78, 5) is 0. The van der Waals surface area contributed by atoms with Gasteiger partial charge in [0.1, 0.15) is 11.7 Å². The maximum absolute atomic E-state index is 10.0. The van der Waals surface area contributed by atoms with Gasteiger partial charge in [0.05, 0.1) is 0 Å². The molecule has 1 atom stereocenters. The molecule has 0 amide bonds. The van der Waals surface area contributed by atoms with E-state index in [9.17, 15) is 10.2 Å². The van der Waals surface area contributed by atoms with Gasteiger partial charge in [-0.1, -0.05) is 38.5 Å². The van der Waals surface area contributed by atoms with Gasteiger partial charge >= 0.3 is 0 Å². The van der Waals surface area contributed by atoms with Gasteiger partial charge in [-0.05, 0) is 12.8 Å². The Hall–Kier alpha value is -0.520. The number of aliphatic hydroxyl groups excluding tert-OH is 1. The van der Waals surface area contributed by atoms with Crippen LogP contribution in [0.25, 0.3) is 0 Å². The summed E-state index contributed by atoms with van der Waals surface area (Å²) in [6.07, 6.45) is 1.87. The van der Waals surface area contributed by atoms with E-state index in [0.29, 0.717) is 12.8 Å². The first kappa shape index (κ1) is 12.5. The van der Waals surface area contributed by atoms with Crippen molar-refractivity contribution >= 4 is 0 Å². The van der Waals surface area contributed by atoms with E-state index in [0.717, 1.165) is 12.8 Å². The highest BCUT2D eigenvalue weighted by Crippen LogP contribution is 2.23. The number of aliphatic hydroxyl groups is 2. The van der Waals surface area contributed by atoms with Crippen molar-refractivity contribution in [2.45, 2.75) is 51.2 Å². The molecule has 0 aliphatic carbocycles. The van der Waals surface area contributed by atoms with Crippen molar-refractivity contribution in [1.82, 2.24) is 0 Å². The van der Waals surface area contributed by atoms with E-state index < -0.39 is 11.7 Å². The van der Waals surface area contributed by atoms with Gasteiger partial charge in [-0.25, -0.2) is 0 Å². The quantitative estimate of drug-likeness (QED) is 0.634. The second-order valence-corrected chi connectivity index (χ2v) is 3.33. The molecule has 0 rings (SSSR count). The Bertz CT molecular complexity index is 182. The second-order valence-electron chi connectivity index (χ2n) is 3.33. The number of rotatable bonds is 5. The summed E-state index contributed by atoms with van der Waals surface area (Å²) < 4.78 is 0. The molecule has 1 radical (unpaired) electrons. The Balaban J connectivity index is 4.42. The van der Waals surface area contributed by atoms with E-state index in [-0.39, 0.29) is 0 Å². The summed E-state index contributed by atoms with van der Waals surface area (Å²) in [5.41, 5.74) is -1.05. The Kier molecular flexibility index (Phi) is 5.77. The summed E-state index contributed by atoms with van der Waals surface area (Å²) in [5, 5.41) is 19.6. The first-order valence-corrected chi connectivity index (χ1v) is 4.78. The highest BCUT2D eigenvalue weighted by molar-refractivity contribution is 5.12. The van der Waals surface area contributed by atoms with Gasteiger partial charge in [0, 0.05) is 6.92 Å². The topological polar surface area (TPSA) is 40.5 Å². The molecule has 0 bridgehead atoms. The maximum Gasteiger partial charge on any atom is 0.143 e. The summed E-state index contributed by atoms with van der Waals surface area (Å²) in [7, 11) is 0. The normalized spacial score (nSPS) is 13.3. The SMILES string of the molecule is [CH2]C#CC(O)C(O)(CCC)CCC. The van der Waals surface area contributed by atoms with Crippen LogP contribution >= 0.6 is 0 Å². The molecule has 13 heavy (non-hydrogen) atoms. The van der Waals surface area contributed by atoms with Gasteiger partial charge in [0.2, 0.25) is 0 Å². The molecule has 0 heterocycles. The maximum atomic E-state index is 10.0. The van der Waals surface area contributed by atoms with Crippen molar-refractivity contribution in [2.24, 2.45) is 0 Å². The Morgan fingerprint density at radius 2 is 1.77 bits per heavy atom. The lowest BCUT2D eigenvalue weighted by molar-refractivity contribution is -0.0605. The summed E-state index contributed by atoms with van der Waals surface area (Å²) in [6.45, 7) is 7.28. The number of hydrogen-bond acceptors (Lipinski definition) is 2. The Labute approximate surface area is 81.0 Å². The smallest absolute Gasteiger partial charge is 0.143 e. The molecular formula is C11H19O2. The predicted octanol–water partition coefficient (Wildman–Crippen LogP) is 1.52.